The van der Waals surface area contributed by atoms with Crippen molar-refractivity contribution < 1.29 is 0 Å². The summed E-state index contributed by atoms with van der Waals surface area (Å²) in [5, 5.41) is 2.19. The van der Waals surface area contributed by atoms with Crippen LogP contribution in [0.4, 0.5) is 5.82 Å². The average molecular weight is 235 g/mol. The molecule has 0 saturated carbocycles. The van der Waals surface area contributed by atoms with E-state index in [2.05, 4.69) is 35.1 Å². The number of nitrogen functional groups attached to an aromatic ring is 1. The summed E-state index contributed by atoms with van der Waals surface area (Å²) in [5.41, 5.74) is 9.23. The number of aromatic nitrogens is 2. The molecule has 0 unspecified atom stereocenters. The Kier molecular flexibility index (Phi) is 2.45. The van der Waals surface area contributed by atoms with Crippen LogP contribution in [0.2, 0.25) is 0 Å². The van der Waals surface area contributed by atoms with Gasteiger partial charge in [0.2, 0.25) is 0 Å². The zero-order chi connectivity index (χ0) is 12.5. The molecule has 0 aliphatic carbocycles. The Hall–Kier alpha value is -2.42. The largest absolute Gasteiger partial charge is 0.384 e. The number of hydrogen-bond acceptors (Lipinski definition) is 3. The SMILES string of the molecule is Cc1ccncc1-c1ccc2cnc(N)cc2c1. The summed E-state index contributed by atoms with van der Waals surface area (Å²) in [6, 6.07) is 10.2. The summed E-state index contributed by atoms with van der Waals surface area (Å²) in [6.07, 6.45) is 5.49. The van der Waals surface area contributed by atoms with Crippen LogP contribution in [0.3, 0.4) is 0 Å². The molecular formula is C15H13N3. The standard InChI is InChI=1S/C15H13N3/c1-10-4-5-17-9-14(10)11-2-3-12-8-18-15(16)7-13(12)6-11/h2-9H,1H3,(H2,16,18). The summed E-state index contributed by atoms with van der Waals surface area (Å²) >= 11 is 0. The smallest absolute Gasteiger partial charge is 0.123 e. The molecule has 0 atom stereocenters. The number of anilines is 1. The number of aryl methyl sites for hydroxylation is 1. The monoisotopic (exact) mass is 235 g/mol. The molecule has 0 amide bonds. The zero-order valence-corrected chi connectivity index (χ0v) is 10.1. The zero-order valence-electron chi connectivity index (χ0n) is 10.1. The maximum atomic E-state index is 5.72. The van der Waals surface area contributed by atoms with Crippen LogP contribution in [-0.4, -0.2) is 9.97 Å². The Labute approximate surface area is 105 Å². The molecule has 0 aliphatic rings. The van der Waals surface area contributed by atoms with Crippen molar-refractivity contribution >= 4 is 16.6 Å². The van der Waals surface area contributed by atoms with Crippen molar-refractivity contribution in [3.05, 3.63) is 54.5 Å². The molecule has 0 bridgehead atoms. The van der Waals surface area contributed by atoms with Gasteiger partial charge < -0.3 is 5.73 Å². The highest BCUT2D eigenvalue weighted by atomic mass is 14.8. The molecule has 2 aromatic heterocycles. The highest BCUT2D eigenvalue weighted by Crippen LogP contribution is 2.26. The van der Waals surface area contributed by atoms with Crippen molar-refractivity contribution in [1.82, 2.24) is 9.97 Å². The molecule has 3 heteroatoms. The van der Waals surface area contributed by atoms with Crippen LogP contribution < -0.4 is 5.73 Å². The van der Waals surface area contributed by atoms with Crippen molar-refractivity contribution in [3.63, 3.8) is 0 Å². The average Bonchev–Trinajstić information content (AvgIpc) is 2.38. The second kappa shape index (κ2) is 4.11. The molecule has 3 aromatic rings. The minimum absolute atomic E-state index is 0.544. The third kappa shape index (κ3) is 1.80. The van der Waals surface area contributed by atoms with Gasteiger partial charge in [-0.1, -0.05) is 12.1 Å². The third-order valence-corrected chi connectivity index (χ3v) is 3.09. The number of pyridine rings is 2. The van der Waals surface area contributed by atoms with E-state index in [1.807, 2.05) is 24.5 Å². The first-order valence-corrected chi connectivity index (χ1v) is 5.80. The maximum Gasteiger partial charge on any atom is 0.123 e. The predicted molar refractivity (Wildman–Crippen MR) is 74.1 cm³/mol. The molecular weight excluding hydrogens is 222 g/mol. The van der Waals surface area contributed by atoms with Gasteiger partial charge in [-0.2, -0.15) is 0 Å². The van der Waals surface area contributed by atoms with Crippen molar-refractivity contribution in [2.24, 2.45) is 0 Å². The fourth-order valence-corrected chi connectivity index (χ4v) is 2.09. The van der Waals surface area contributed by atoms with Crippen LogP contribution in [0.5, 0.6) is 0 Å². The predicted octanol–water partition coefficient (Wildman–Crippen LogP) is 3.19. The number of rotatable bonds is 1. The lowest BCUT2D eigenvalue weighted by atomic mass is 10.0. The number of benzene rings is 1. The van der Waals surface area contributed by atoms with Crippen LogP contribution >= 0.6 is 0 Å². The molecule has 1 aromatic carbocycles. The van der Waals surface area contributed by atoms with Gasteiger partial charge in [-0.25, -0.2) is 4.98 Å². The summed E-state index contributed by atoms with van der Waals surface area (Å²) in [7, 11) is 0. The summed E-state index contributed by atoms with van der Waals surface area (Å²) in [4.78, 5) is 8.28. The molecule has 0 saturated heterocycles. The fraction of sp³-hybridized carbons (Fsp3) is 0.0667. The van der Waals surface area contributed by atoms with Gasteiger partial charge in [-0.05, 0) is 41.6 Å². The van der Waals surface area contributed by atoms with Crippen molar-refractivity contribution in [3.8, 4) is 11.1 Å². The first-order chi connectivity index (χ1) is 8.74. The Morgan fingerprint density at radius 1 is 1.00 bits per heavy atom. The molecule has 2 heterocycles. The van der Waals surface area contributed by atoms with Crippen molar-refractivity contribution in [2.75, 3.05) is 5.73 Å². The number of nitrogens with two attached hydrogens (primary N) is 1. The fourth-order valence-electron chi connectivity index (χ4n) is 2.09. The first-order valence-electron chi connectivity index (χ1n) is 5.80. The Bertz CT molecular complexity index is 720. The molecule has 2 N–H and O–H groups in total. The van der Waals surface area contributed by atoms with Gasteiger partial charge in [0.05, 0.1) is 0 Å². The molecule has 3 nitrogen and oxygen atoms in total. The van der Waals surface area contributed by atoms with Gasteiger partial charge in [-0.3, -0.25) is 4.98 Å². The molecule has 88 valence electrons. The van der Waals surface area contributed by atoms with Crippen LogP contribution in [0, 0.1) is 6.92 Å². The van der Waals surface area contributed by atoms with Gasteiger partial charge in [0, 0.05) is 29.5 Å². The second-order valence-electron chi connectivity index (χ2n) is 4.36. The van der Waals surface area contributed by atoms with Crippen molar-refractivity contribution in [1.29, 1.82) is 0 Å². The Balaban J connectivity index is 2.22. The van der Waals surface area contributed by atoms with Crippen LogP contribution in [0.15, 0.2) is 48.9 Å². The normalized spacial score (nSPS) is 10.7. The quantitative estimate of drug-likeness (QED) is 0.704. The van der Waals surface area contributed by atoms with Crippen LogP contribution in [0.1, 0.15) is 5.56 Å². The first kappa shape index (κ1) is 10.7. The molecule has 0 aliphatic heterocycles. The van der Waals surface area contributed by atoms with E-state index in [1.54, 1.807) is 6.20 Å². The molecule has 3 rings (SSSR count). The highest BCUT2D eigenvalue weighted by Gasteiger charge is 2.03. The summed E-state index contributed by atoms with van der Waals surface area (Å²) in [6.45, 7) is 2.09. The van der Waals surface area contributed by atoms with Crippen LogP contribution in [-0.2, 0) is 0 Å². The van der Waals surface area contributed by atoms with E-state index in [9.17, 15) is 0 Å². The number of nitrogens with zero attached hydrogens (tertiary/aromatic N) is 2. The summed E-state index contributed by atoms with van der Waals surface area (Å²) in [5.74, 6) is 0.544. The lowest BCUT2D eigenvalue weighted by molar-refractivity contribution is 1.29. The van der Waals surface area contributed by atoms with E-state index < -0.39 is 0 Å². The van der Waals surface area contributed by atoms with Gasteiger partial charge >= 0.3 is 0 Å². The summed E-state index contributed by atoms with van der Waals surface area (Å²) < 4.78 is 0. The molecule has 0 spiro atoms. The minimum Gasteiger partial charge on any atom is -0.384 e. The van der Waals surface area contributed by atoms with Crippen LogP contribution in [0.25, 0.3) is 21.9 Å². The highest BCUT2D eigenvalue weighted by molar-refractivity contribution is 5.88. The van der Waals surface area contributed by atoms with E-state index in [-0.39, 0.29) is 0 Å². The van der Waals surface area contributed by atoms with E-state index in [4.69, 9.17) is 5.73 Å². The maximum absolute atomic E-state index is 5.72. The Morgan fingerprint density at radius 3 is 2.72 bits per heavy atom. The van der Waals surface area contributed by atoms with E-state index in [1.165, 1.54) is 5.56 Å². The third-order valence-electron chi connectivity index (χ3n) is 3.09. The van der Waals surface area contributed by atoms with E-state index in [0.717, 1.165) is 21.9 Å². The second-order valence-corrected chi connectivity index (χ2v) is 4.36. The number of fused-ring (bicyclic) bond motifs is 1. The lowest BCUT2D eigenvalue weighted by Gasteiger charge is -2.06. The van der Waals surface area contributed by atoms with Gasteiger partial charge in [-0.15, -0.1) is 0 Å². The molecule has 0 fully saturated rings. The number of hydrogen-bond donors (Lipinski definition) is 1. The molecule has 0 radical (unpaired) electrons. The van der Waals surface area contributed by atoms with E-state index in [0.29, 0.717) is 5.82 Å². The Morgan fingerprint density at radius 2 is 1.89 bits per heavy atom. The minimum atomic E-state index is 0.544. The van der Waals surface area contributed by atoms with Gasteiger partial charge in [0.15, 0.2) is 0 Å². The molecule has 18 heavy (non-hydrogen) atoms. The van der Waals surface area contributed by atoms with Gasteiger partial charge in [0.25, 0.3) is 0 Å². The lowest BCUT2D eigenvalue weighted by Crippen LogP contribution is -1.89. The van der Waals surface area contributed by atoms with Crippen molar-refractivity contribution in [2.45, 2.75) is 6.92 Å². The van der Waals surface area contributed by atoms with Gasteiger partial charge in [0.1, 0.15) is 5.82 Å². The van der Waals surface area contributed by atoms with E-state index >= 15 is 0 Å². The topological polar surface area (TPSA) is 51.8 Å².